The van der Waals surface area contributed by atoms with Gasteiger partial charge in [0.05, 0.1) is 6.33 Å². The maximum Gasteiger partial charge on any atom is 0.408 e. The van der Waals surface area contributed by atoms with Gasteiger partial charge in [0.2, 0.25) is 5.91 Å². The predicted octanol–water partition coefficient (Wildman–Crippen LogP) is 4.35. The maximum atomic E-state index is 13.7. The Morgan fingerprint density at radius 2 is 1.71 bits per heavy atom. The van der Waals surface area contributed by atoms with Crippen LogP contribution < -0.4 is 10.6 Å². The molecule has 0 radical (unpaired) electrons. The Kier molecular flexibility index (Phi) is 10.9. The summed E-state index contributed by atoms with van der Waals surface area (Å²) in [6.07, 6.45) is 5.44. The number of rotatable bonds is 12. The van der Waals surface area contributed by atoms with Crippen molar-refractivity contribution in [3.8, 4) is 5.75 Å². The number of carbonyl (C=O) groups excluding carboxylic acids is 3. The molecule has 0 bridgehead atoms. The molecule has 0 aliphatic heterocycles. The van der Waals surface area contributed by atoms with E-state index in [0.717, 1.165) is 22.3 Å². The molecule has 2 aromatic carbocycles. The zero-order chi connectivity index (χ0) is 30.0. The van der Waals surface area contributed by atoms with Crippen molar-refractivity contribution in [1.29, 1.82) is 0 Å². The molecular weight excluding hydrogens is 524 g/mol. The van der Waals surface area contributed by atoms with Crippen molar-refractivity contribution in [2.75, 3.05) is 0 Å². The number of nitrogens with zero attached hydrogens (tertiary/aromatic N) is 2. The minimum Gasteiger partial charge on any atom is -0.508 e. The number of amides is 2. The van der Waals surface area contributed by atoms with Crippen LogP contribution in [0.3, 0.4) is 0 Å². The predicted molar refractivity (Wildman–Crippen MR) is 154 cm³/mol. The van der Waals surface area contributed by atoms with Crippen molar-refractivity contribution in [3.05, 3.63) is 83.4 Å². The van der Waals surface area contributed by atoms with Crippen LogP contribution in [0.2, 0.25) is 0 Å². The van der Waals surface area contributed by atoms with Crippen molar-refractivity contribution < 1.29 is 29.0 Å². The lowest BCUT2D eigenvalue weighted by Crippen LogP contribution is -2.53. The van der Waals surface area contributed by atoms with Gasteiger partial charge in [-0.1, -0.05) is 30.3 Å². The van der Waals surface area contributed by atoms with Crippen LogP contribution in [-0.2, 0) is 38.6 Å². The van der Waals surface area contributed by atoms with Crippen molar-refractivity contribution in [3.63, 3.8) is 0 Å². The summed E-state index contributed by atoms with van der Waals surface area (Å²) in [5, 5.41) is 15.5. The van der Waals surface area contributed by atoms with Gasteiger partial charge >= 0.3 is 12.1 Å². The molecule has 41 heavy (non-hydrogen) atoms. The van der Waals surface area contributed by atoms with Gasteiger partial charge < -0.3 is 29.8 Å². The van der Waals surface area contributed by atoms with Crippen LogP contribution in [0.1, 0.15) is 55.9 Å². The van der Waals surface area contributed by atoms with E-state index in [1.54, 1.807) is 45.4 Å². The normalized spacial score (nSPS) is 12.7. The summed E-state index contributed by atoms with van der Waals surface area (Å²) in [4.78, 5) is 43.6. The number of nitrogens with one attached hydrogen (secondary N) is 2. The molecule has 3 rings (SSSR count). The zero-order valence-corrected chi connectivity index (χ0v) is 24.3. The summed E-state index contributed by atoms with van der Waals surface area (Å²) in [6.45, 7) is 9.51. The third-order valence-corrected chi connectivity index (χ3v) is 6.39. The number of phenolic OH excluding ortho intramolecular Hbond substituents is 1. The number of aromatic nitrogens is 2. The monoisotopic (exact) mass is 564 g/mol. The van der Waals surface area contributed by atoms with Gasteiger partial charge in [-0.25, -0.2) is 14.6 Å². The summed E-state index contributed by atoms with van der Waals surface area (Å²) >= 11 is 0. The molecule has 0 fully saturated rings. The van der Waals surface area contributed by atoms with Gasteiger partial charge in [-0.05, 0) is 81.8 Å². The number of hydrogen-bond acceptors (Lipinski definition) is 7. The maximum absolute atomic E-state index is 13.7. The van der Waals surface area contributed by atoms with Gasteiger partial charge in [0.1, 0.15) is 30.0 Å². The Morgan fingerprint density at radius 1 is 1.02 bits per heavy atom. The minimum absolute atomic E-state index is 0.0685. The second-order valence-corrected chi connectivity index (χ2v) is 11.1. The lowest BCUT2D eigenvalue weighted by Gasteiger charge is -2.26. The third kappa shape index (κ3) is 10.3. The summed E-state index contributed by atoms with van der Waals surface area (Å²) < 4.78 is 12.9. The molecule has 0 aliphatic carbocycles. The molecule has 220 valence electrons. The highest BCUT2D eigenvalue weighted by Gasteiger charge is 2.30. The van der Waals surface area contributed by atoms with Crippen molar-refractivity contribution >= 4 is 18.0 Å². The number of ether oxygens (including phenoxy) is 2. The van der Waals surface area contributed by atoms with E-state index >= 15 is 0 Å². The molecule has 0 spiro atoms. The summed E-state index contributed by atoms with van der Waals surface area (Å²) in [5.74, 6) is -1.00. The highest BCUT2D eigenvalue weighted by molar-refractivity contribution is 5.90. The van der Waals surface area contributed by atoms with E-state index in [1.165, 1.54) is 0 Å². The highest BCUT2D eigenvalue weighted by atomic mass is 16.6. The van der Waals surface area contributed by atoms with Crippen LogP contribution in [0.4, 0.5) is 4.79 Å². The quantitative estimate of drug-likeness (QED) is 0.279. The Morgan fingerprint density at radius 3 is 2.32 bits per heavy atom. The zero-order valence-electron chi connectivity index (χ0n) is 24.3. The number of esters is 1. The van der Waals surface area contributed by atoms with E-state index in [4.69, 9.17) is 9.47 Å². The average molecular weight is 565 g/mol. The third-order valence-electron chi connectivity index (χ3n) is 6.39. The largest absolute Gasteiger partial charge is 0.508 e. The lowest BCUT2D eigenvalue weighted by atomic mass is 9.95. The van der Waals surface area contributed by atoms with Gasteiger partial charge in [-0.3, -0.25) is 4.79 Å². The number of phenols is 1. The molecular formula is C31H40N4O6. The SMILES string of the molecule is Cc1cc(O)cc(C)c1CC(NC(=O)OC(C)(C)C)C(=O)N[C@H](CCCn1ccnc1)C(=O)OCc1ccccc1. The van der Waals surface area contributed by atoms with Crippen LogP contribution in [0.25, 0.3) is 0 Å². The fourth-order valence-electron chi connectivity index (χ4n) is 4.40. The number of hydrogen-bond donors (Lipinski definition) is 3. The fraction of sp³-hybridized carbons (Fsp3) is 0.419. The minimum atomic E-state index is -1.05. The lowest BCUT2D eigenvalue weighted by molar-refractivity contribution is -0.149. The van der Waals surface area contributed by atoms with Crippen LogP contribution in [0.15, 0.2) is 61.2 Å². The Labute approximate surface area is 241 Å². The standard InChI is InChI=1S/C31H40N4O6/c1-21-16-24(36)17-22(2)25(21)18-27(34-30(39)41-31(3,4)5)28(37)33-26(12-9-14-35-15-13-32-20-35)29(38)40-19-23-10-7-6-8-11-23/h6-8,10-11,13,15-17,20,26-27,36H,9,12,14,18-19H2,1-5H3,(H,33,37)(H,34,39)/t26-,27?/m1/s1. The fourth-order valence-corrected chi connectivity index (χ4v) is 4.40. The van der Waals surface area contributed by atoms with Crippen LogP contribution in [0.5, 0.6) is 5.75 Å². The first-order chi connectivity index (χ1) is 19.4. The molecule has 1 aromatic heterocycles. The van der Waals surface area contributed by atoms with E-state index in [1.807, 2.05) is 54.9 Å². The number of benzene rings is 2. The number of aryl methyl sites for hydroxylation is 3. The molecule has 1 unspecified atom stereocenters. The van der Waals surface area contributed by atoms with Gasteiger partial charge in [0, 0.05) is 25.4 Å². The first-order valence-corrected chi connectivity index (χ1v) is 13.7. The average Bonchev–Trinajstić information content (AvgIpc) is 3.41. The Bertz CT molecular complexity index is 1280. The van der Waals surface area contributed by atoms with Gasteiger partial charge in [0.25, 0.3) is 0 Å². The van der Waals surface area contributed by atoms with Gasteiger partial charge in [0.15, 0.2) is 0 Å². The number of carbonyl (C=O) groups is 3. The number of imidazole rings is 1. The van der Waals surface area contributed by atoms with E-state index < -0.39 is 35.7 Å². The molecule has 2 amide bonds. The molecule has 3 N–H and O–H groups in total. The topological polar surface area (TPSA) is 132 Å². The molecule has 3 aromatic rings. The van der Waals surface area contributed by atoms with E-state index in [9.17, 15) is 19.5 Å². The van der Waals surface area contributed by atoms with E-state index in [0.29, 0.717) is 19.4 Å². The van der Waals surface area contributed by atoms with Crippen LogP contribution >= 0.6 is 0 Å². The Hall–Kier alpha value is -4.34. The second-order valence-electron chi connectivity index (χ2n) is 11.1. The highest BCUT2D eigenvalue weighted by Crippen LogP contribution is 2.22. The van der Waals surface area contributed by atoms with E-state index in [-0.39, 0.29) is 18.8 Å². The second kappa shape index (κ2) is 14.3. The number of aromatic hydroxyl groups is 1. The summed E-state index contributed by atoms with van der Waals surface area (Å²) in [5.41, 5.74) is 2.39. The van der Waals surface area contributed by atoms with E-state index in [2.05, 4.69) is 15.6 Å². The summed E-state index contributed by atoms with van der Waals surface area (Å²) in [7, 11) is 0. The van der Waals surface area contributed by atoms with Crippen molar-refractivity contribution in [2.24, 2.45) is 0 Å². The first-order valence-electron chi connectivity index (χ1n) is 13.7. The molecule has 2 atom stereocenters. The molecule has 0 aliphatic rings. The first kappa shape index (κ1) is 31.2. The molecule has 10 nitrogen and oxygen atoms in total. The summed E-state index contributed by atoms with van der Waals surface area (Å²) in [6, 6.07) is 10.5. The van der Waals surface area contributed by atoms with Crippen LogP contribution in [-0.4, -0.2) is 50.3 Å². The van der Waals surface area contributed by atoms with Crippen molar-refractivity contribution in [2.45, 2.75) is 84.7 Å². The molecule has 10 heteroatoms. The van der Waals surface area contributed by atoms with Gasteiger partial charge in [-0.15, -0.1) is 0 Å². The molecule has 1 heterocycles. The van der Waals surface area contributed by atoms with Crippen LogP contribution in [0, 0.1) is 13.8 Å². The van der Waals surface area contributed by atoms with Crippen molar-refractivity contribution in [1.82, 2.24) is 20.2 Å². The Balaban J connectivity index is 1.79. The smallest absolute Gasteiger partial charge is 0.408 e. The molecule has 0 saturated carbocycles. The number of alkyl carbamates (subject to hydrolysis) is 1. The van der Waals surface area contributed by atoms with Gasteiger partial charge in [-0.2, -0.15) is 0 Å². The molecule has 0 saturated heterocycles.